The molecular formula is C17H17FN4O. The molecule has 2 aromatic heterocycles. The number of nitrogens with zero attached hydrogens (tertiary/aromatic N) is 2. The van der Waals surface area contributed by atoms with Crippen molar-refractivity contribution in [3.63, 3.8) is 0 Å². The van der Waals surface area contributed by atoms with Crippen LogP contribution in [0.15, 0.2) is 36.8 Å². The molecule has 2 N–H and O–H groups in total. The summed E-state index contributed by atoms with van der Waals surface area (Å²) in [5.74, 6) is -0.0581. The van der Waals surface area contributed by atoms with Gasteiger partial charge in [-0.05, 0) is 31.0 Å². The van der Waals surface area contributed by atoms with Gasteiger partial charge in [0.1, 0.15) is 5.82 Å². The predicted octanol–water partition coefficient (Wildman–Crippen LogP) is 2.87. The highest BCUT2D eigenvalue weighted by molar-refractivity contribution is 5.95. The lowest BCUT2D eigenvalue weighted by Crippen LogP contribution is -2.38. The van der Waals surface area contributed by atoms with Gasteiger partial charge in [-0.15, -0.1) is 0 Å². The van der Waals surface area contributed by atoms with Crippen LogP contribution in [-0.4, -0.2) is 27.7 Å². The van der Waals surface area contributed by atoms with E-state index in [0.717, 1.165) is 34.9 Å². The molecule has 3 aromatic rings. The first-order valence-electron chi connectivity index (χ1n) is 7.68. The highest BCUT2D eigenvalue weighted by atomic mass is 19.1. The van der Waals surface area contributed by atoms with Crippen LogP contribution in [0.3, 0.4) is 0 Å². The van der Waals surface area contributed by atoms with E-state index >= 15 is 0 Å². The fourth-order valence-electron chi connectivity index (χ4n) is 3.24. The Labute approximate surface area is 132 Å². The first kappa shape index (κ1) is 14.0. The number of amides is 1. The third kappa shape index (κ3) is 2.30. The number of H-pyrrole nitrogens is 1. The average molecular weight is 312 g/mol. The normalized spacial score (nSPS) is 20.4. The van der Waals surface area contributed by atoms with Crippen molar-refractivity contribution < 1.29 is 9.18 Å². The molecular weight excluding hydrogens is 295 g/mol. The van der Waals surface area contributed by atoms with Crippen molar-refractivity contribution in [2.24, 2.45) is 5.92 Å². The van der Waals surface area contributed by atoms with Crippen molar-refractivity contribution in [3.05, 3.63) is 42.6 Å². The highest BCUT2D eigenvalue weighted by Gasteiger charge is 2.35. The molecule has 1 saturated carbocycles. The van der Waals surface area contributed by atoms with Crippen LogP contribution in [0.2, 0.25) is 0 Å². The fourth-order valence-corrected chi connectivity index (χ4v) is 3.24. The molecule has 1 aromatic carbocycles. The second kappa shape index (κ2) is 5.22. The summed E-state index contributed by atoms with van der Waals surface area (Å²) in [6, 6.07) is 5.00. The summed E-state index contributed by atoms with van der Waals surface area (Å²) in [6.45, 7) is 0. The first-order chi connectivity index (χ1) is 11.2. The van der Waals surface area contributed by atoms with Gasteiger partial charge in [0.2, 0.25) is 5.91 Å². The first-order valence-corrected chi connectivity index (χ1v) is 7.68. The molecule has 1 amide bonds. The number of benzene rings is 1. The summed E-state index contributed by atoms with van der Waals surface area (Å²) in [7, 11) is 1.67. The summed E-state index contributed by atoms with van der Waals surface area (Å²) < 4.78 is 15.2. The fraction of sp³-hybridized carbons (Fsp3) is 0.294. The number of rotatable bonds is 3. The van der Waals surface area contributed by atoms with Crippen LogP contribution in [0.4, 0.5) is 4.39 Å². The number of nitrogens with one attached hydrogen (secondary N) is 2. The molecule has 0 radical (unpaired) electrons. The number of hydrogen-bond donors (Lipinski definition) is 2. The van der Waals surface area contributed by atoms with Gasteiger partial charge in [-0.25, -0.2) is 4.39 Å². The van der Waals surface area contributed by atoms with E-state index < -0.39 is 0 Å². The maximum absolute atomic E-state index is 13.3. The molecule has 0 saturated heterocycles. The Morgan fingerprint density at radius 1 is 1.43 bits per heavy atom. The molecule has 6 heteroatoms. The Morgan fingerprint density at radius 3 is 3.04 bits per heavy atom. The molecule has 118 valence electrons. The molecule has 0 bridgehead atoms. The standard InChI is InChI=1S/C17H17FN4O/c1-19-17(23)10-4-13(5-10)22-9-11(7-21-22)15-8-20-16-6-12(18)2-3-14(15)16/h2-3,6-10,13,20H,4-5H2,1H3,(H,19,23)/t10-,13+. The van der Waals surface area contributed by atoms with E-state index in [9.17, 15) is 9.18 Å². The Bertz CT molecular complexity index is 876. The number of carbonyl (C=O) groups excluding carboxylic acids is 1. The van der Waals surface area contributed by atoms with Gasteiger partial charge in [-0.1, -0.05) is 0 Å². The number of aromatic amines is 1. The Morgan fingerprint density at radius 2 is 2.26 bits per heavy atom. The lowest BCUT2D eigenvalue weighted by atomic mass is 9.80. The topological polar surface area (TPSA) is 62.7 Å². The summed E-state index contributed by atoms with van der Waals surface area (Å²) in [6.07, 6.45) is 7.33. The van der Waals surface area contributed by atoms with Crippen molar-refractivity contribution in [1.29, 1.82) is 0 Å². The Hall–Kier alpha value is -2.63. The van der Waals surface area contributed by atoms with E-state index in [1.165, 1.54) is 12.1 Å². The molecule has 23 heavy (non-hydrogen) atoms. The number of hydrogen-bond acceptors (Lipinski definition) is 2. The third-order valence-electron chi connectivity index (χ3n) is 4.66. The van der Waals surface area contributed by atoms with Crippen molar-refractivity contribution in [3.8, 4) is 11.1 Å². The van der Waals surface area contributed by atoms with Crippen LogP contribution in [0.1, 0.15) is 18.9 Å². The van der Waals surface area contributed by atoms with Crippen molar-refractivity contribution in [2.75, 3.05) is 7.05 Å². The Kier molecular flexibility index (Phi) is 3.18. The minimum atomic E-state index is -0.253. The highest BCUT2D eigenvalue weighted by Crippen LogP contribution is 2.38. The van der Waals surface area contributed by atoms with E-state index in [1.807, 2.05) is 23.3 Å². The maximum Gasteiger partial charge on any atom is 0.223 e. The SMILES string of the molecule is CNC(=O)[C@H]1C[C@@H](n2cc(-c3c[nH]c4cc(F)ccc34)cn2)C1. The van der Waals surface area contributed by atoms with Crippen molar-refractivity contribution in [2.45, 2.75) is 18.9 Å². The van der Waals surface area contributed by atoms with Crippen molar-refractivity contribution in [1.82, 2.24) is 20.1 Å². The van der Waals surface area contributed by atoms with Gasteiger partial charge in [0.15, 0.2) is 0 Å². The van der Waals surface area contributed by atoms with Gasteiger partial charge in [0.05, 0.1) is 12.2 Å². The van der Waals surface area contributed by atoms with Gasteiger partial charge in [0, 0.05) is 47.4 Å². The van der Waals surface area contributed by atoms with E-state index in [4.69, 9.17) is 0 Å². The lowest BCUT2D eigenvalue weighted by molar-refractivity contribution is -0.128. The zero-order valence-electron chi connectivity index (χ0n) is 12.7. The quantitative estimate of drug-likeness (QED) is 0.781. The van der Waals surface area contributed by atoms with Crippen molar-refractivity contribution >= 4 is 16.8 Å². The van der Waals surface area contributed by atoms with Crippen LogP contribution in [0.25, 0.3) is 22.0 Å². The molecule has 2 heterocycles. The van der Waals surface area contributed by atoms with Crippen LogP contribution in [-0.2, 0) is 4.79 Å². The zero-order chi connectivity index (χ0) is 16.0. The van der Waals surface area contributed by atoms with Crippen LogP contribution in [0.5, 0.6) is 0 Å². The predicted molar refractivity (Wildman–Crippen MR) is 85.3 cm³/mol. The molecule has 5 nitrogen and oxygen atoms in total. The van der Waals surface area contributed by atoms with Crippen LogP contribution >= 0.6 is 0 Å². The molecule has 1 aliphatic rings. The van der Waals surface area contributed by atoms with E-state index in [1.54, 1.807) is 13.1 Å². The molecule has 1 fully saturated rings. The van der Waals surface area contributed by atoms with E-state index in [0.29, 0.717) is 0 Å². The molecule has 0 aliphatic heterocycles. The smallest absolute Gasteiger partial charge is 0.223 e. The van der Waals surface area contributed by atoms with Gasteiger partial charge in [-0.3, -0.25) is 9.48 Å². The number of halogens is 1. The van der Waals surface area contributed by atoms with Crippen LogP contribution in [0, 0.1) is 11.7 Å². The van der Waals surface area contributed by atoms with E-state index in [-0.39, 0.29) is 23.7 Å². The number of fused-ring (bicyclic) bond motifs is 1. The molecule has 0 atom stereocenters. The van der Waals surface area contributed by atoms with Gasteiger partial charge >= 0.3 is 0 Å². The zero-order valence-corrected chi connectivity index (χ0v) is 12.7. The van der Waals surface area contributed by atoms with Gasteiger partial charge in [0.25, 0.3) is 0 Å². The van der Waals surface area contributed by atoms with Gasteiger partial charge in [-0.2, -0.15) is 5.10 Å². The third-order valence-corrected chi connectivity index (χ3v) is 4.66. The number of carbonyl (C=O) groups is 1. The second-order valence-electron chi connectivity index (χ2n) is 6.04. The molecule has 0 unspecified atom stereocenters. The minimum Gasteiger partial charge on any atom is -0.360 e. The Balaban J connectivity index is 1.57. The number of aromatic nitrogens is 3. The lowest BCUT2D eigenvalue weighted by Gasteiger charge is -2.33. The summed E-state index contributed by atoms with van der Waals surface area (Å²) in [5.41, 5.74) is 2.77. The second-order valence-corrected chi connectivity index (χ2v) is 6.04. The summed E-state index contributed by atoms with van der Waals surface area (Å²) in [5, 5.41) is 8.10. The monoisotopic (exact) mass is 312 g/mol. The van der Waals surface area contributed by atoms with Crippen LogP contribution < -0.4 is 5.32 Å². The van der Waals surface area contributed by atoms with Gasteiger partial charge < -0.3 is 10.3 Å². The largest absolute Gasteiger partial charge is 0.360 e. The summed E-state index contributed by atoms with van der Waals surface area (Å²) >= 11 is 0. The average Bonchev–Trinajstić information content (AvgIpc) is 3.11. The maximum atomic E-state index is 13.3. The van der Waals surface area contributed by atoms with E-state index in [2.05, 4.69) is 15.4 Å². The molecule has 1 aliphatic carbocycles. The minimum absolute atomic E-state index is 0.0914. The summed E-state index contributed by atoms with van der Waals surface area (Å²) in [4.78, 5) is 14.7. The molecule has 4 rings (SSSR count). The molecule has 0 spiro atoms.